The average Bonchev–Trinajstić information content (AvgIpc) is 3.08. The summed E-state index contributed by atoms with van der Waals surface area (Å²) in [4.78, 5) is 10.2. The lowest BCUT2D eigenvalue weighted by molar-refractivity contribution is -0.524. The van der Waals surface area contributed by atoms with Gasteiger partial charge in [-0.25, -0.2) is 4.58 Å². The Hall–Kier alpha value is -0.490. The standard InChI is InChI=1S/4C9H21N.C9H20N.H2/c5*1-4-7-10(8-5-2)9-6-3;/h4*4-9H2,1-3H3;7H,4-6,8-9H2,1-3H3;1H/q;;;;+1;. The van der Waals surface area contributed by atoms with E-state index in [2.05, 4.69) is 134 Å². The summed E-state index contributed by atoms with van der Waals surface area (Å²) in [6.07, 6.45) is 21.5. The molecule has 310 valence electrons. The fourth-order valence-corrected chi connectivity index (χ4v) is 6.26. The molecule has 0 spiro atoms. The van der Waals surface area contributed by atoms with E-state index in [1.807, 2.05) is 0 Å². The highest BCUT2D eigenvalue weighted by Crippen LogP contribution is 1.97. The second kappa shape index (κ2) is 55.3. The van der Waals surface area contributed by atoms with Crippen molar-refractivity contribution in [1.82, 2.24) is 19.6 Å². The fourth-order valence-electron chi connectivity index (χ4n) is 6.26. The molecule has 0 saturated carbocycles. The molecule has 0 saturated heterocycles. The Bertz CT molecular complexity index is 438. The molecule has 0 heterocycles. The van der Waals surface area contributed by atoms with Crippen LogP contribution in [0.2, 0.25) is 0 Å². The Balaban J connectivity index is -0.000000123. The lowest BCUT2D eigenvalue weighted by Crippen LogP contribution is -2.26. The molecule has 0 unspecified atom stereocenters. The maximum absolute atomic E-state index is 2.54. The Morgan fingerprint density at radius 3 is 0.540 bits per heavy atom. The lowest BCUT2D eigenvalue weighted by Gasteiger charge is -2.19. The van der Waals surface area contributed by atoms with Gasteiger partial charge in [0.25, 0.3) is 0 Å². The molecule has 0 rings (SSSR count). The minimum atomic E-state index is 0. The van der Waals surface area contributed by atoms with E-state index in [1.165, 1.54) is 188 Å². The zero-order valence-corrected chi connectivity index (χ0v) is 38.3. The van der Waals surface area contributed by atoms with Gasteiger partial charge in [0.15, 0.2) is 0 Å². The van der Waals surface area contributed by atoms with E-state index >= 15 is 0 Å². The molecule has 0 aromatic carbocycles. The van der Waals surface area contributed by atoms with Gasteiger partial charge in [-0.15, -0.1) is 0 Å². The minimum Gasteiger partial charge on any atom is -0.303 e. The van der Waals surface area contributed by atoms with E-state index in [0.29, 0.717) is 0 Å². The first kappa shape index (κ1) is 58.8. The molecular formula is C45H106N5+. The average molecular weight is 717 g/mol. The van der Waals surface area contributed by atoms with Gasteiger partial charge in [0, 0.05) is 20.7 Å². The van der Waals surface area contributed by atoms with Gasteiger partial charge in [0.05, 0.1) is 0 Å². The number of hydrogen-bond donors (Lipinski definition) is 0. The lowest BCUT2D eigenvalue weighted by atomic mass is 10.3. The van der Waals surface area contributed by atoms with Crippen molar-refractivity contribution in [2.75, 3.05) is 91.6 Å². The van der Waals surface area contributed by atoms with Crippen LogP contribution in [0.3, 0.4) is 0 Å². The van der Waals surface area contributed by atoms with Crippen LogP contribution < -0.4 is 0 Å². The predicted molar refractivity (Wildman–Crippen MR) is 238 cm³/mol. The van der Waals surface area contributed by atoms with E-state index in [1.54, 1.807) is 0 Å². The van der Waals surface area contributed by atoms with Crippen molar-refractivity contribution in [3.05, 3.63) is 0 Å². The third kappa shape index (κ3) is 51.9. The normalized spacial score (nSPS) is 10.5. The zero-order valence-electron chi connectivity index (χ0n) is 38.3. The van der Waals surface area contributed by atoms with E-state index in [9.17, 15) is 0 Å². The van der Waals surface area contributed by atoms with Crippen molar-refractivity contribution < 1.29 is 6.00 Å². The third-order valence-electron chi connectivity index (χ3n) is 7.94. The Labute approximate surface area is 322 Å². The van der Waals surface area contributed by atoms with E-state index in [-0.39, 0.29) is 1.43 Å². The highest BCUT2D eigenvalue weighted by molar-refractivity contribution is 5.50. The van der Waals surface area contributed by atoms with Crippen molar-refractivity contribution in [2.45, 2.75) is 200 Å². The molecule has 5 heteroatoms. The molecule has 0 fully saturated rings. The van der Waals surface area contributed by atoms with Crippen LogP contribution in [0.5, 0.6) is 0 Å². The largest absolute Gasteiger partial charge is 0.303 e. The van der Waals surface area contributed by atoms with Gasteiger partial charge in [-0.1, -0.05) is 104 Å². The molecule has 0 aliphatic carbocycles. The second-order valence-corrected chi connectivity index (χ2v) is 14.0. The van der Waals surface area contributed by atoms with Gasteiger partial charge >= 0.3 is 0 Å². The van der Waals surface area contributed by atoms with Crippen molar-refractivity contribution in [1.29, 1.82) is 0 Å². The first-order valence-electron chi connectivity index (χ1n) is 22.7. The van der Waals surface area contributed by atoms with E-state index in [0.717, 1.165) is 0 Å². The topological polar surface area (TPSA) is 16.0 Å². The van der Waals surface area contributed by atoms with E-state index in [4.69, 9.17) is 0 Å². The monoisotopic (exact) mass is 717 g/mol. The van der Waals surface area contributed by atoms with Gasteiger partial charge in [-0.3, -0.25) is 0 Å². The highest BCUT2D eigenvalue weighted by Gasteiger charge is 2.01. The van der Waals surface area contributed by atoms with Gasteiger partial charge in [-0.2, -0.15) is 0 Å². The van der Waals surface area contributed by atoms with Crippen LogP contribution in [-0.4, -0.2) is 122 Å². The van der Waals surface area contributed by atoms with Crippen LogP contribution in [0.4, 0.5) is 0 Å². The molecule has 0 aromatic heterocycles. The first-order chi connectivity index (χ1) is 24.2. The summed E-state index contributed by atoms with van der Waals surface area (Å²) in [6.45, 7) is 51.4. The molecule has 0 N–H and O–H groups in total. The summed E-state index contributed by atoms with van der Waals surface area (Å²) < 4.78 is 2.42. The number of hydrogen-bond acceptors (Lipinski definition) is 4. The molecule has 0 atom stereocenters. The van der Waals surface area contributed by atoms with Crippen molar-refractivity contribution >= 4 is 6.21 Å². The highest BCUT2D eigenvalue weighted by atomic mass is 15.1. The van der Waals surface area contributed by atoms with E-state index < -0.39 is 0 Å². The number of rotatable bonds is 29. The maximum Gasteiger partial charge on any atom is 0.142 e. The second-order valence-electron chi connectivity index (χ2n) is 14.0. The first-order valence-corrected chi connectivity index (χ1v) is 22.7. The number of nitrogens with zero attached hydrogens (tertiary/aromatic N) is 5. The van der Waals surface area contributed by atoms with Gasteiger partial charge in [-0.05, 0) is 156 Å². The molecule has 0 bridgehead atoms. The fraction of sp³-hybridized carbons (Fsp3) is 0.978. The van der Waals surface area contributed by atoms with Crippen LogP contribution in [0, 0.1) is 0 Å². The SMILES string of the molecule is CCC=[N+](CCC)CCC.CCCN(CCC)CCC.CCCN(CCC)CCC.CCCN(CCC)CCC.CCCN(CCC)CCC.[HH]. The molecule has 0 aromatic rings. The minimum absolute atomic E-state index is 0. The molecule has 50 heavy (non-hydrogen) atoms. The summed E-state index contributed by atoms with van der Waals surface area (Å²) in [6, 6.07) is 0. The molecule has 0 aliphatic rings. The van der Waals surface area contributed by atoms with Crippen LogP contribution >= 0.6 is 0 Å². The molecular weight excluding hydrogens is 611 g/mol. The zero-order chi connectivity index (χ0) is 39.1. The Morgan fingerprint density at radius 1 is 0.280 bits per heavy atom. The molecule has 0 radical (unpaired) electrons. The van der Waals surface area contributed by atoms with Gasteiger partial charge < -0.3 is 19.6 Å². The summed E-state index contributed by atoms with van der Waals surface area (Å²) in [5.74, 6) is 0. The molecule has 0 aliphatic heterocycles. The van der Waals surface area contributed by atoms with Crippen LogP contribution in [0.15, 0.2) is 0 Å². The van der Waals surface area contributed by atoms with Crippen molar-refractivity contribution in [3.8, 4) is 0 Å². The third-order valence-corrected chi connectivity index (χ3v) is 7.94. The van der Waals surface area contributed by atoms with Gasteiger partial charge in [0.2, 0.25) is 0 Å². The molecule has 0 amide bonds. The summed E-state index contributed by atoms with van der Waals surface area (Å²) in [5, 5.41) is 0. The van der Waals surface area contributed by atoms with Crippen LogP contribution in [0.1, 0.15) is 202 Å². The van der Waals surface area contributed by atoms with Gasteiger partial charge in [0.1, 0.15) is 19.3 Å². The van der Waals surface area contributed by atoms with Crippen molar-refractivity contribution in [3.63, 3.8) is 0 Å². The summed E-state index contributed by atoms with van der Waals surface area (Å²) in [5.41, 5.74) is 0. The molecule has 5 nitrogen and oxygen atoms in total. The smallest absolute Gasteiger partial charge is 0.142 e. The summed E-state index contributed by atoms with van der Waals surface area (Å²) in [7, 11) is 0. The quantitative estimate of drug-likeness (QED) is 0.0565. The van der Waals surface area contributed by atoms with Crippen molar-refractivity contribution in [2.24, 2.45) is 0 Å². The summed E-state index contributed by atoms with van der Waals surface area (Å²) >= 11 is 0. The van der Waals surface area contributed by atoms with Crippen LogP contribution in [0.25, 0.3) is 0 Å². The Morgan fingerprint density at radius 2 is 0.440 bits per heavy atom. The predicted octanol–water partition coefficient (Wildman–Crippen LogP) is 12.6. The maximum atomic E-state index is 2.54. The Kier molecular flexibility index (Phi) is 65.0. The van der Waals surface area contributed by atoms with Crippen LogP contribution in [-0.2, 0) is 0 Å².